The van der Waals surface area contributed by atoms with Crippen LogP contribution >= 0.6 is 11.6 Å². The van der Waals surface area contributed by atoms with Crippen molar-refractivity contribution in [2.45, 2.75) is 6.42 Å². The lowest BCUT2D eigenvalue weighted by atomic mass is 10.2. The number of anilines is 2. The van der Waals surface area contributed by atoms with Gasteiger partial charge in [0.05, 0.1) is 23.3 Å². The van der Waals surface area contributed by atoms with Crippen molar-refractivity contribution in [1.29, 1.82) is 0 Å². The fourth-order valence-corrected chi connectivity index (χ4v) is 2.77. The molecule has 0 unspecified atom stereocenters. The molecule has 0 atom stereocenters. The van der Waals surface area contributed by atoms with Crippen molar-refractivity contribution in [3.63, 3.8) is 0 Å². The van der Waals surface area contributed by atoms with Gasteiger partial charge in [-0.2, -0.15) is 0 Å². The predicted octanol–water partition coefficient (Wildman–Crippen LogP) is 4.34. The molecule has 2 N–H and O–H groups in total. The Balaban J connectivity index is 1.57. The molecule has 0 saturated carbocycles. The van der Waals surface area contributed by atoms with Crippen molar-refractivity contribution in [2.75, 3.05) is 24.3 Å². The monoisotopic (exact) mass is 355 g/mol. The highest BCUT2D eigenvalue weighted by Gasteiger charge is 2.07. The Morgan fingerprint density at radius 3 is 2.84 bits per heavy atom. The van der Waals surface area contributed by atoms with E-state index in [0.29, 0.717) is 23.7 Å². The first kappa shape index (κ1) is 17.0. The number of benzene rings is 2. The SMILES string of the molecule is COc1ccc(NCCC(=O)Nc2cccc3cccnc23)cc1Cl. The van der Waals surface area contributed by atoms with Gasteiger partial charge in [0.2, 0.25) is 5.91 Å². The third-order valence-corrected chi connectivity index (χ3v) is 4.04. The van der Waals surface area contributed by atoms with Crippen molar-refractivity contribution >= 4 is 39.8 Å². The van der Waals surface area contributed by atoms with Crippen molar-refractivity contribution in [3.05, 3.63) is 59.8 Å². The van der Waals surface area contributed by atoms with E-state index in [2.05, 4.69) is 15.6 Å². The molecule has 0 aliphatic carbocycles. The maximum atomic E-state index is 12.2. The van der Waals surface area contributed by atoms with Crippen LogP contribution in [-0.2, 0) is 4.79 Å². The zero-order valence-corrected chi connectivity index (χ0v) is 14.5. The summed E-state index contributed by atoms with van der Waals surface area (Å²) in [5, 5.41) is 7.61. The van der Waals surface area contributed by atoms with Crippen molar-refractivity contribution in [1.82, 2.24) is 4.98 Å². The van der Waals surface area contributed by atoms with Crippen LogP contribution in [0.4, 0.5) is 11.4 Å². The van der Waals surface area contributed by atoms with E-state index in [0.717, 1.165) is 22.3 Å². The Bertz CT molecular complexity index is 893. The first-order valence-electron chi connectivity index (χ1n) is 7.88. The van der Waals surface area contributed by atoms with Gasteiger partial charge in [-0.15, -0.1) is 0 Å². The molecular formula is C19H18ClN3O2. The van der Waals surface area contributed by atoms with E-state index in [4.69, 9.17) is 16.3 Å². The molecule has 0 aliphatic heterocycles. The summed E-state index contributed by atoms with van der Waals surface area (Å²) in [5.41, 5.74) is 2.34. The molecule has 0 spiro atoms. The Hall–Kier alpha value is -2.79. The summed E-state index contributed by atoms with van der Waals surface area (Å²) in [6.07, 6.45) is 2.04. The van der Waals surface area contributed by atoms with Crippen LogP contribution < -0.4 is 15.4 Å². The van der Waals surface area contributed by atoms with Gasteiger partial charge < -0.3 is 15.4 Å². The number of hydrogen-bond acceptors (Lipinski definition) is 4. The van der Waals surface area contributed by atoms with Gasteiger partial charge in [0.1, 0.15) is 5.75 Å². The van der Waals surface area contributed by atoms with E-state index in [1.807, 2.05) is 36.4 Å². The van der Waals surface area contributed by atoms with Crippen LogP contribution in [0.15, 0.2) is 54.7 Å². The van der Waals surface area contributed by atoms with Crippen LogP contribution in [0.1, 0.15) is 6.42 Å². The quantitative estimate of drug-likeness (QED) is 0.690. The van der Waals surface area contributed by atoms with Crippen LogP contribution in [0.5, 0.6) is 5.75 Å². The summed E-state index contributed by atoms with van der Waals surface area (Å²) >= 11 is 6.08. The molecule has 0 saturated heterocycles. The van der Waals surface area contributed by atoms with Gasteiger partial charge in [-0.05, 0) is 30.3 Å². The van der Waals surface area contributed by atoms with Gasteiger partial charge in [-0.3, -0.25) is 9.78 Å². The van der Waals surface area contributed by atoms with Gasteiger partial charge in [-0.1, -0.05) is 29.8 Å². The predicted molar refractivity (Wildman–Crippen MR) is 101 cm³/mol. The number of nitrogens with one attached hydrogen (secondary N) is 2. The van der Waals surface area contributed by atoms with Crippen molar-refractivity contribution in [3.8, 4) is 5.75 Å². The fraction of sp³-hybridized carbons (Fsp3) is 0.158. The second-order valence-electron chi connectivity index (χ2n) is 5.45. The summed E-state index contributed by atoms with van der Waals surface area (Å²) in [6.45, 7) is 0.493. The van der Waals surface area contributed by atoms with E-state index >= 15 is 0 Å². The number of nitrogens with zero attached hydrogens (tertiary/aromatic N) is 1. The number of ether oxygens (including phenoxy) is 1. The highest BCUT2D eigenvalue weighted by molar-refractivity contribution is 6.32. The molecule has 1 aromatic heterocycles. The molecule has 0 fully saturated rings. The highest BCUT2D eigenvalue weighted by atomic mass is 35.5. The first-order chi connectivity index (χ1) is 12.2. The standard InChI is InChI=1S/C19H18ClN3O2/c1-25-17-8-7-14(12-15(17)20)21-11-9-18(24)23-16-6-2-4-13-5-3-10-22-19(13)16/h2-8,10,12,21H,9,11H2,1H3,(H,23,24). The number of carbonyl (C=O) groups is 1. The Morgan fingerprint density at radius 1 is 1.20 bits per heavy atom. The minimum Gasteiger partial charge on any atom is -0.495 e. The number of carbonyl (C=O) groups excluding carboxylic acids is 1. The molecule has 5 nitrogen and oxygen atoms in total. The van der Waals surface area contributed by atoms with E-state index in [9.17, 15) is 4.79 Å². The van der Waals surface area contributed by atoms with Crippen LogP contribution in [0.2, 0.25) is 5.02 Å². The molecule has 6 heteroatoms. The lowest BCUT2D eigenvalue weighted by Gasteiger charge is -2.10. The number of pyridine rings is 1. The zero-order valence-electron chi connectivity index (χ0n) is 13.8. The number of amides is 1. The first-order valence-corrected chi connectivity index (χ1v) is 8.26. The van der Waals surface area contributed by atoms with E-state index in [1.54, 1.807) is 25.4 Å². The number of hydrogen-bond donors (Lipinski definition) is 2. The minimum absolute atomic E-state index is 0.0785. The third kappa shape index (κ3) is 4.19. The Labute approximate surface area is 151 Å². The average Bonchev–Trinajstić information content (AvgIpc) is 2.62. The second-order valence-corrected chi connectivity index (χ2v) is 5.86. The van der Waals surface area contributed by atoms with Gasteiger partial charge in [-0.25, -0.2) is 0 Å². The lowest BCUT2D eigenvalue weighted by molar-refractivity contribution is -0.115. The number of rotatable bonds is 6. The van der Waals surface area contributed by atoms with Crippen LogP contribution in [-0.4, -0.2) is 24.5 Å². The Morgan fingerprint density at radius 2 is 2.04 bits per heavy atom. The highest BCUT2D eigenvalue weighted by Crippen LogP contribution is 2.27. The number of fused-ring (bicyclic) bond motifs is 1. The minimum atomic E-state index is -0.0785. The molecule has 128 valence electrons. The summed E-state index contributed by atoms with van der Waals surface area (Å²) < 4.78 is 5.11. The van der Waals surface area contributed by atoms with Crippen molar-refractivity contribution in [2.24, 2.45) is 0 Å². The Kier molecular flexibility index (Phi) is 5.36. The van der Waals surface area contributed by atoms with Gasteiger partial charge in [0.15, 0.2) is 0 Å². The average molecular weight is 356 g/mol. The maximum Gasteiger partial charge on any atom is 0.226 e. The number of aromatic nitrogens is 1. The number of halogens is 1. The van der Waals surface area contributed by atoms with Crippen molar-refractivity contribution < 1.29 is 9.53 Å². The summed E-state index contributed by atoms with van der Waals surface area (Å²) in [4.78, 5) is 16.5. The van der Waals surface area contributed by atoms with Crippen LogP contribution in [0.25, 0.3) is 10.9 Å². The zero-order chi connectivity index (χ0) is 17.6. The summed E-state index contributed by atoms with van der Waals surface area (Å²) in [6, 6.07) is 15.0. The maximum absolute atomic E-state index is 12.2. The summed E-state index contributed by atoms with van der Waals surface area (Å²) in [5.74, 6) is 0.540. The molecule has 3 rings (SSSR count). The molecule has 0 aliphatic rings. The molecule has 0 radical (unpaired) electrons. The van der Waals surface area contributed by atoms with Gasteiger partial charge >= 0.3 is 0 Å². The summed E-state index contributed by atoms with van der Waals surface area (Å²) in [7, 11) is 1.57. The smallest absolute Gasteiger partial charge is 0.226 e. The fourth-order valence-electron chi connectivity index (χ4n) is 2.51. The van der Waals surface area contributed by atoms with Crippen LogP contribution in [0.3, 0.4) is 0 Å². The molecule has 1 amide bonds. The van der Waals surface area contributed by atoms with Gasteiger partial charge in [0, 0.05) is 30.2 Å². The van der Waals surface area contributed by atoms with Gasteiger partial charge in [0.25, 0.3) is 0 Å². The van der Waals surface area contributed by atoms with E-state index in [1.165, 1.54) is 0 Å². The lowest BCUT2D eigenvalue weighted by Crippen LogP contribution is -2.16. The topological polar surface area (TPSA) is 63.2 Å². The molecule has 0 bridgehead atoms. The number of methoxy groups -OCH3 is 1. The largest absolute Gasteiger partial charge is 0.495 e. The van der Waals surface area contributed by atoms with Crippen LogP contribution in [0, 0.1) is 0 Å². The van der Waals surface area contributed by atoms with E-state index < -0.39 is 0 Å². The molecule has 25 heavy (non-hydrogen) atoms. The molecule has 1 heterocycles. The second kappa shape index (κ2) is 7.85. The van der Waals surface area contributed by atoms with E-state index in [-0.39, 0.29) is 5.91 Å². The third-order valence-electron chi connectivity index (χ3n) is 3.74. The number of para-hydroxylation sites is 1. The molecule has 3 aromatic rings. The normalized spacial score (nSPS) is 10.5. The molecule has 2 aromatic carbocycles. The molecular weight excluding hydrogens is 338 g/mol.